The van der Waals surface area contributed by atoms with Gasteiger partial charge in [-0.25, -0.2) is 0 Å². The fourth-order valence-corrected chi connectivity index (χ4v) is 1.99. The highest BCUT2D eigenvalue weighted by Crippen LogP contribution is 2.28. The van der Waals surface area contributed by atoms with Gasteiger partial charge in [0, 0.05) is 25.7 Å². The molecule has 108 valence electrons. The van der Waals surface area contributed by atoms with E-state index < -0.39 is 0 Å². The van der Waals surface area contributed by atoms with Crippen molar-refractivity contribution in [1.82, 2.24) is 10.2 Å². The van der Waals surface area contributed by atoms with Crippen molar-refractivity contribution in [2.45, 2.75) is 45.8 Å². The lowest BCUT2D eigenvalue weighted by Crippen LogP contribution is -2.42. The molecule has 1 fully saturated rings. The standard InChI is InChI=1S/C14H30N2O2/c1-4-16(5-2)9-12(3)15-8-14(17)11-18-10-13-6-7-13/h12-15,17H,4-11H2,1-3H3. The van der Waals surface area contributed by atoms with Crippen LogP contribution in [0, 0.1) is 5.92 Å². The second-order valence-corrected chi connectivity index (χ2v) is 5.43. The summed E-state index contributed by atoms with van der Waals surface area (Å²) in [4.78, 5) is 2.38. The smallest absolute Gasteiger partial charge is 0.0897 e. The Hall–Kier alpha value is -0.160. The summed E-state index contributed by atoms with van der Waals surface area (Å²) in [7, 11) is 0. The lowest BCUT2D eigenvalue weighted by molar-refractivity contribution is 0.0310. The number of aliphatic hydroxyl groups is 1. The zero-order chi connectivity index (χ0) is 13.4. The largest absolute Gasteiger partial charge is 0.389 e. The Morgan fingerprint density at radius 2 is 2.00 bits per heavy atom. The van der Waals surface area contributed by atoms with Crippen molar-refractivity contribution in [2.75, 3.05) is 39.4 Å². The molecule has 18 heavy (non-hydrogen) atoms. The highest BCUT2D eigenvalue weighted by atomic mass is 16.5. The molecule has 0 amide bonds. The average molecular weight is 258 g/mol. The molecule has 4 nitrogen and oxygen atoms in total. The number of nitrogens with one attached hydrogen (secondary N) is 1. The first-order valence-corrected chi connectivity index (χ1v) is 7.37. The maximum Gasteiger partial charge on any atom is 0.0897 e. The maximum atomic E-state index is 9.78. The zero-order valence-corrected chi connectivity index (χ0v) is 12.2. The third-order valence-electron chi connectivity index (χ3n) is 3.49. The van der Waals surface area contributed by atoms with Crippen molar-refractivity contribution < 1.29 is 9.84 Å². The van der Waals surface area contributed by atoms with Crippen molar-refractivity contribution in [2.24, 2.45) is 5.92 Å². The van der Waals surface area contributed by atoms with Crippen molar-refractivity contribution in [3.05, 3.63) is 0 Å². The molecule has 0 aromatic rings. The van der Waals surface area contributed by atoms with Crippen LogP contribution < -0.4 is 5.32 Å². The van der Waals surface area contributed by atoms with E-state index >= 15 is 0 Å². The van der Waals surface area contributed by atoms with Gasteiger partial charge in [-0.15, -0.1) is 0 Å². The molecule has 4 heteroatoms. The summed E-state index contributed by atoms with van der Waals surface area (Å²) in [6.07, 6.45) is 2.22. The van der Waals surface area contributed by atoms with Crippen LogP contribution >= 0.6 is 0 Å². The first kappa shape index (κ1) is 15.9. The van der Waals surface area contributed by atoms with Gasteiger partial charge in [-0.2, -0.15) is 0 Å². The number of hydrogen-bond acceptors (Lipinski definition) is 4. The molecule has 0 radical (unpaired) electrons. The fourth-order valence-electron chi connectivity index (χ4n) is 1.99. The molecule has 0 aliphatic heterocycles. The molecular formula is C14H30N2O2. The second kappa shape index (κ2) is 8.86. The van der Waals surface area contributed by atoms with Crippen LogP contribution in [0.25, 0.3) is 0 Å². The molecule has 1 rings (SSSR count). The van der Waals surface area contributed by atoms with Gasteiger partial charge in [0.2, 0.25) is 0 Å². The van der Waals surface area contributed by atoms with Crippen molar-refractivity contribution >= 4 is 0 Å². The van der Waals surface area contributed by atoms with Gasteiger partial charge in [0.05, 0.1) is 12.7 Å². The highest BCUT2D eigenvalue weighted by molar-refractivity contribution is 4.73. The van der Waals surface area contributed by atoms with Crippen LogP contribution in [0.5, 0.6) is 0 Å². The minimum atomic E-state index is -0.386. The molecule has 0 heterocycles. The lowest BCUT2D eigenvalue weighted by Gasteiger charge is -2.24. The number of aliphatic hydroxyl groups excluding tert-OH is 1. The Morgan fingerprint density at radius 3 is 2.56 bits per heavy atom. The van der Waals surface area contributed by atoms with E-state index in [1.54, 1.807) is 0 Å². The summed E-state index contributed by atoms with van der Waals surface area (Å²) < 4.78 is 5.47. The monoisotopic (exact) mass is 258 g/mol. The minimum absolute atomic E-state index is 0.386. The Morgan fingerprint density at radius 1 is 1.33 bits per heavy atom. The molecule has 0 bridgehead atoms. The number of nitrogens with zero attached hydrogens (tertiary/aromatic N) is 1. The maximum absolute atomic E-state index is 9.78. The molecule has 1 aliphatic rings. The molecule has 0 aromatic heterocycles. The molecule has 1 saturated carbocycles. The van der Waals surface area contributed by atoms with E-state index in [1.165, 1.54) is 12.8 Å². The molecular weight excluding hydrogens is 228 g/mol. The van der Waals surface area contributed by atoms with Crippen LogP contribution in [0.15, 0.2) is 0 Å². The van der Waals surface area contributed by atoms with Gasteiger partial charge in [-0.1, -0.05) is 13.8 Å². The number of ether oxygens (including phenoxy) is 1. The van der Waals surface area contributed by atoms with E-state index in [0.29, 0.717) is 19.2 Å². The van der Waals surface area contributed by atoms with E-state index in [2.05, 4.69) is 31.0 Å². The Labute approximate surface area is 112 Å². The van der Waals surface area contributed by atoms with Gasteiger partial charge >= 0.3 is 0 Å². The fraction of sp³-hybridized carbons (Fsp3) is 1.00. The van der Waals surface area contributed by atoms with E-state index in [1.807, 2.05) is 0 Å². The first-order valence-electron chi connectivity index (χ1n) is 7.37. The SMILES string of the molecule is CCN(CC)CC(C)NCC(O)COCC1CC1. The summed E-state index contributed by atoms with van der Waals surface area (Å²) in [6.45, 7) is 11.6. The third-order valence-corrected chi connectivity index (χ3v) is 3.49. The van der Waals surface area contributed by atoms with E-state index in [9.17, 15) is 5.11 Å². The summed E-state index contributed by atoms with van der Waals surface area (Å²) in [5, 5.41) is 13.1. The highest BCUT2D eigenvalue weighted by Gasteiger charge is 2.21. The molecule has 0 aromatic carbocycles. The quantitative estimate of drug-likeness (QED) is 0.582. The van der Waals surface area contributed by atoms with Crippen LogP contribution in [0.4, 0.5) is 0 Å². The predicted octanol–water partition coefficient (Wildman–Crippen LogP) is 1.09. The lowest BCUT2D eigenvalue weighted by atomic mass is 10.2. The van der Waals surface area contributed by atoms with E-state index in [-0.39, 0.29) is 6.10 Å². The van der Waals surface area contributed by atoms with Crippen LogP contribution in [-0.4, -0.2) is 61.5 Å². The minimum Gasteiger partial charge on any atom is -0.389 e. The molecule has 2 N–H and O–H groups in total. The number of rotatable bonds is 11. The molecule has 0 saturated heterocycles. The number of hydrogen-bond donors (Lipinski definition) is 2. The van der Waals surface area contributed by atoms with Crippen LogP contribution in [0.1, 0.15) is 33.6 Å². The summed E-state index contributed by atoms with van der Waals surface area (Å²) in [5.41, 5.74) is 0. The Bertz CT molecular complexity index is 206. The van der Waals surface area contributed by atoms with Crippen molar-refractivity contribution in [3.8, 4) is 0 Å². The first-order chi connectivity index (χ1) is 8.65. The van der Waals surface area contributed by atoms with Crippen LogP contribution in [0.3, 0.4) is 0 Å². The van der Waals surface area contributed by atoms with Crippen molar-refractivity contribution in [1.29, 1.82) is 0 Å². The van der Waals surface area contributed by atoms with Gasteiger partial charge in [-0.3, -0.25) is 0 Å². The Balaban J connectivity index is 1.99. The normalized spacial score (nSPS) is 19.2. The molecule has 2 unspecified atom stereocenters. The second-order valence-electron chi connectivity index (χ2n) is 5.43. The third kappa shape index (κ3) is 7.31. The van der Waals surface area contributed by atoms with Crippen molar-refractivity contribution in [3.63, 3.8) is 0 Å². The topological polar surface area (TPSA) is 44.7 Å². The van der Waals surface area contributed by atoms with Gasteiger partial charge in [0.25, 0.3) is 0 Å². The van der Waals surface area contributed by atoms with E-state index in [0.717, 1.165) is 32.2 Å². The van der Waals surface area contributed by atoms with Gasteiger partial charge in [0.15, 0.2) is 0 Å². The van der Waals surface area contributed by atoms with Gasteiger partial charge in [0.1, 0.15) is 0 Å². The molecule has 0 spiro atoms. The summed E-state index contributed by atoms with van der Waals surface area (Å²) in [5.74, 6) is 0.770. The number of likely N-dealkylation sites (N-methyl/N-ethyl adjacent to an activating group) is 1. The average Bonchev–Trinajstić information content (AvgIpc) is 3.17. The molecule has 2 atom stereocenters. The van der Waals surface area contributed by atoms with E-state index in [4.69, 9.17) is 4.74 Å². The zero-order valence-electron chi connectivity index (χ0n) is 12.2. The molecule has 1 aliphatic carbocycles. The summed E-state index contributed by atoms with van der Waals surface area (Å²) >= 11 is 0. The predicted molar refractivity (Wildman–Crippen MR) is 74.8 cm³/mol. The van der Waals surface area contributed by atoms with Gasteiger partial charge in [-0.05, 0) is 38.8 Å². The van der Waals surface area contributed by atoms with Crippen LogP contribution in [0.2, 0.25) is 0 Å². The summed E-state index contributed by atoms with van der Waals surface area (Å²) in [6, 6.07) is 0.406. The Kier molecular flexibility index (Phi) is 7.82. The van der Waals surface area contributed by atoms with Gasteiger partial charge < -0.3 is 20.1 Å². The van der Waals surface area contributed by atoms with Crippen LogP contribution in [-0.2, 0) is 4.74 Å².